The van der Waals surface area contributed by atoms with E-state index in [1.807, 2.05) is 18.2 Å². The number of carbonyl (C=O) groups is 1. The number of nitrogens with one attached hydrogen (secondary N) is 1. The van der Waals surface area contributed by atoms with Crippen LogP contribution in [0.25, 0.3) is 0 Å². The molecule has 2 fully saturated rings. The summed E-state index contributed by atoms with van der Waals surface area (Å²) in [6.45, 7) is 3.43. The highest BCUT2D eigenvalue weighted by Crippen LogP contribution is 2.36. The standard InChI is InChI=1S/C15H19BrN2O2/c1-9(19)12-7-10(16)4-5-13(12)18-6-2-3-11-14(18)8-17-15(11)20/h4-5,7,9,11,14,19H,2-3,6,8H2,1H3,(H,17,20). The zero-order valence-electron chi connectivity index (χ0n) is 11.5. The van der Waals surface area contributed by atoms with Crippen molar-refractivity contribution < 1.29 is 9.90 Å². The normalized spacial score (nSPS) is 27.1. The van der Waals surface area contributed by atoms with Gasteiger partial charge in [-0.3, -0.25) is 4.79 Å². The summed E-state index contributed by atoms with van der Waals surface area (Å²) in [7, 11) is 0. The van der Waals surface area contributed by atoms with Gasteiger partial charge in [0, 0.05) is 28.8 Å². The van der Waals surface area contributed by atoms with Crippen LogP contribution in [0.15, 0.2) is 22.7 Å². The molecule has 1 aromatic carbocycles. The van der Waals surface area contributed by atoms with E-state index < -0.39 is 6.10 Å². The number of anilines is 1. The van der Waals surface area contributed by atoms with Crippen molar-refractivity contribution in [3.63, 3.8) is 0 Å². The third kappa shape index (κ3) is 2.33. The molecule has 3 atom stereocenters. The summed E-state index contributed by atoms with van der Waals surface area (Å²) in [4.78, 5) is 14.2. The van der Waals surface area contributed by atoms with Gasteiger partial charge in [0.05, 0.1) is 18.1 Å². The largest absolute Gasteiger partial charge is 0.389 e. The molecule has 0 aromatic heterocycles. The minimum Gasteiger partial charge on any atom is -0.389 e. The van der Waals surface area contributed by atoms with Crippen molar-refractivity contribution in [2.45, 2.75) is 31.9 Å². The van der Waals surface area contributed by atoms with Crippen LogP contribution in [0.3, 0.4) is 0 Å². The topological polar surface area (TPSA) is 52.6 Å². The maximum absolute atomic E-state index is 11.9. The average Bonchev–Trinajstić information content (AvgIpc) is 2.81. The predicted octanol–water partition coefficient (Wildman–Crippen LogP) is 2.22. The molecule has 3 unspecified atom stereocenters. The Hall–Kier alpha value is -1.07. The SMILES string of the molecule is CC(O)c1cc(Br)ccc1N1CCCC2C(=O)NCC21. The Balaban J connectivity index is 1.98. The highest BCUT2D eigenvalue weighted by atomic mass is 79.9. The van der Waals surface area contributed by atoms with Crippen LogP contribution in [-0.2, 0) is 4.79 Å². The first-order chi connectivity index (χ1) is 9.58. The van der Waals surface area contributed by atoms with E-state index in [9.17, 15) is 9.90 Å². The lowest BCUT2D eigenvalue weighted by Gasteiger charge is -2.39. The van der Waals surface area contributed by atoms with Crippen LogP contribution < -0.4 is 10.2 Å². The van der Waals surface area contributed by atoms with Crippen molar-refractivity contribution in [3.8, 4) is 0 Å². The lowest BCUT2D eigenvalue weighted by molar-refractivity contribution is -0.122. The van der Waals surface area contributed by atoms with E-state index in [4.69, 9.17) is 0 Å². The third-order valence-electron chi connectivity index (χ3n) is 4.35. The van der Waals surface area contributed by atoms with Crippen molar-refractivity contribution in [2.24, 2.45) is 5.92 Å². The van der Waals surface area contributed by atoms with Crippen molar-refractivity contribution in [1.29, 1.82) is 0 Å². The molecule has 2 aliphatic heterocycles. The number of aliphatic hydroxyl groups excluding tert-OH is 1. The van der Waals surface area contributed by atoms with Gasteiger partial charge in [-0.05, 0) is 38.0 Å². The molecule has 1 amide bonds. The molecule has 0 radical (unpaired) electrons. The van der Waals surface area contributed by atoms with Crippen molar-refractivity contribution in [2.75, 3.05) is 18.0 Å². The number of piperidine rings is 1. The van der Waals surface area contributed by atoms with Gasteiger partial charge in [-0.1, -0.05) is 15.9 Å². The number of aliphatic hydroxyl groups is 1. The van der Waals surface area contributed by atoms with E-state index in [1.54, 1.807) is 6.92 Å². The Morgan fingerprint density at radius 1 is 1.50 bits per heavy atom. The predicted molar refractivity (Wildman–Crippen MR) is 81.6 cm³/mol. The van der Waals surface area contributed by atoms with Gasteiger partial charge < -0.3 is 15.3 Å². The molecule has 108 valence electrons. The Kier molecular flexibility index (Phi) is 3.73. The number of amides is 1. The average molecular weight is 339 g/mol. The first-order valence-electron chi connectivity index (χ1n) is 7.10. The highest BCUT2D eigenvalue weighted by Gasteiger charge is 2.41. The van der Waals surface area contributed by atoms with E-state index >= 15 is 0 Å². The Morgan fingerprint density at radius 2 is 2.30 bits per heavy atom. The number of hydrogen-bond acceptors (Lipinski definition) is 3. The molecule has 5 heteroatoms. The molecular formula is C15H19BrN2O2. The number of benzene rings is 1. The van der Waals surface area contributed by atoms with Gasteiger partial charge in [-0.15, -0.1) is 0 Å². The molecule has 2 saturated heterocycles. The molecule has 2 aliphatic rings. The van der Waals surface area contributed by atoms with E-state index in [0.29, 0.717) is 6.54 Å². The van der Waals surface area contributed by atoms with Crippen molar-refractivity contribution in [3.05, 3.63) is 28.2 Å². The molecule has 0 saturated carbocycles. The molecule has 1 aromatic rings. The van der Waals surface area contributed by atoms with E-state index in [1.165, 1.54) is 0 Å². The second kappa shape index (κ2) is 5.37. The monoisotopic (exact) mass is 338 g/mol. The number of halogens is 1. The van der Waals surface area contributed by atoms with Crippen LogP contribution >= 0.6 is 15.9 Å². The van der Waals surface area contributed by atoms with E-state index in [2.05, 4.69) is 26.1 Å². The number of nitrogens with zero attached hydrogens (tertiary/aromatic N) is 1. The van der Waals surface area contributed by atoms with Crippen molar-refractivity contribution >= 4 is 27.5 Å². The van der Waals surface area contributed by atoms with Gasteiger partial charge in [0.15, 0.2) is 0 Å². The van der Waals surface area contributed by atoms with Crippen LogP contribution in [0.2, 0.25) is 0 Å². The summed E-state index contributed by atoms with van der Waals surface area (Å²) < 4.78 is 0.964. The van der Waals surface area contributed by atoms with E-state index in [0.717, 1.165) is 35.1 Å². The number of fused-ring (bicyclic) bond motifs is 1. The summed E-state index contributed by atoms with van der Waals surface area (Å²) in [6.07, 6.45) is 1.46. The van der Waals surface area contributed by atoms with Crippen LogP contribution in [0.4, 0.5) is 5.69 Å². The second-order valence-electron chi connectivity index (χ2n) is 5.63. The summed E-state index contributed by atoms with van der Waals surface area (Å²) in [5, 5.41) is 13.0. The molecule has 2 heterocycles. The number of rotatable bonds is 2. The molecule has 4 nitrogen and oxygen atoms in total. The van der Waals surface area contributed by atoms with Gasteiger partial charge in [-0.25, -0.2) is 0 Å². The van der Waals surface area contributed by atoms with Gasteiger partial charge >= 0.3 is 0 Å². The number of hydrogen-bond donors (Lipinski definition) is 2. The fourth-order valence-electron chi connectivity index (χ4n) is 3.37. The van der Waals surface area contributed by atoms with Crippen LogP contribution in [0, 0.1) is 5.92 Å². The lowest BCUT2D eigenvalue weighted by Crippen LogP contribution is -2.46. The van der Waals surface area contributed by atoms with Crippen molar-refractivity contribution in [1.82, 2.24) is 5.32 Å². The Morgan fingerprint density at radius 3 is 3.05 bits per heavy atom. The molecule has 0 aliphatic carbocycles. The lowest BCUT2D eigenvalue weighted by atomic mass is 9.90. The first kappa shape index (κ1) is 13.9. The van der Waals surface area contributed by atoms with E-state index in [-0.39, 0.29) is 17.9 Å². The summed E-state index contributed by atoms with van der Waals surface area (Å²) in [5.41, 5.74) is 1.97. The highest BCUT2D eigenvalue weighted by molar-refractivity contribution is 9.10. The number of carbonyl (C=O) groups excluding carboxylic acids is 1. The van der Waals surface area contributed by atoms with Gasteiger partial charge in [0.1, 0.15) is 0 Å². The minimum atomic E-state index is -0.520. The smallest absolute Gasteiger partial charge is 0.225 e. The molecule has 0 spiro atoms. The maximum atomic E-state index is 11.9. The molecule has 3 rings (SSSR count). The first-order valence-corrected chi connectivity index (χ1v) is 7.89. The van der Waals surface area contributed by atoms with Crippen LogP contribution in [-0.4, -0.2) is 30.1 Å². The molecule has 0 bridgehead atoms. The zero-order chi connectivity index (χ0) is 14.3. The summed E-state index contributed by atoms with van der Waals surface area (Å²) in [6, 6.07) is 6.22. The molecule has 20 heavy (non-hydrogen) atoms. The van der Waals surface area contributed by atoms with Gasteiger partial charge in [0.2, 0.25) is 5.91 Å². The fraction of sp³-hybridized carbons (Fsp3) is 0.533. The van der Waals surface area contributed by atoms with Crippen LogP contribution in [0.1, 0.15) is 31.4 Å². The van der Waals surface area contributed by atoms with Crippen LogP contribution in [0.5, 0.6) is 0 Å². The fourth-order valence-corrected chi connectivity index (χ4v) is 3.75. The summed E-state index contributed by atoms with van der Waals surface area (Å²) in [5.74, 6) is 0.268. The van der Waals surface area contributed by atoms with Gasteiger partial charge in [-0.2, -0.15) is 0 Å². The Bertz CT molecular complexity index is 533. The Labute approximate surface area is 127 Å². The van der Waals surface area contributed by atoms with Gasteiger partial charge in [0.25, 0.3) is 0 Å². The third-order valence-corrected chi connectivity index (χ3v) is 4.84. The maximum Gasteiger partial charge on any atom is 0.225 e. The second-order valence-corrected chi connectivity index (χ2v) is 6.55. The minimum absolute atomic E-state index is 0.0919. The molecule has 2 N–H and O–H groups in total. The summed E-state index contributed by atoms with van der Waals surface area (Å²) >= 11 is 3.46. The molecular weight excluding hydrogens is 320 g/mol. The zero-order valence-corrected chi connectivity index (χ0v) is 13.1. The quantitative estimate of drug-likeness (QED) is 0.869.